The lowest BCUT2D eigenvalue weighted by atomic mass is 9.88. The third kappa shape index (κ3) is 12.1. The fourth-order valence-corrected chi connectivity index (χ4v) is 14.2. The van der Waals surface area contributed by atoms with Gasteiger partial charge in [-0.3, -0.25) is 0 Å². The Morgan fingerprint density at radius 3 is 0.643 bits per heavy atom. The molecule has 16 aromatic carbocycles. The Labute approximate surface area is 576 Å². The van der Waals surface area contributed by atoms with Crippen molar-refractivity contribution in [1.29, 1.82) is 0 Å². The molecule has 0 aliphatic rings. The van der Waals surface area contributed by atoms with Gasteiger partial charge in [0.2, 0.25) is 0 Å². The van der Waals surface area contributed by atoms with Crippen LogP contribution in [0.2, 0.25) is 0 Å². The summed E-state index contributed by atoms with van der Waals surface area (Å²) in [5.41, 5.74) is 26.2. The molecule has 0 aliphatic carbocycles. The summed E-state index contributed by atoms with van der Waals surface area (Å²) in [6.45, 7) is 13.1. The van der Waals surface area contributed by atoms with Crippen LogP contribution in [-0.4, -0.2) is 0 Å². The topological polar surface area (TPSA) is 13.0 Å². The van der Waals surface area contributed by atoms with Gasteiger partial charge in [0.1, 0.15) is 0 Å². The van der Waals surface area contributed by atoms with E-state index in [-0.39, 0.29) is 0 Å². The first-order valence-electron chi connectivity index (χ1n) is 33.9. The molecular formula is C94H76N4. The summed E-state index contributed by atoms with van der Waals surface area (Å²) in [6, 6.07) is 127. The highest BCUT2D eigenvalue weighted by atomic mass is 15.2. The van der Waals surface area contributed by atoms with Gasteiger partial charge in [0.05, 0.1) is 22.7 Å². The van der Waals surface area contributed by atoms with Crippen molar-refractivity contribution in [2.75, 3.05) is 19.6 Å². The lowest BCUT2D eigenvalue weighted by Crippen LogP contribution is -2.13. The molecule has 4 heteroatoms. The van der Waals surface area contributed by atoms with E-state index in [1.165, 1.54) is 110 Å². The van der Waals surface area contributed by atoms with Crippen molar-refractivity contribution < 1.29 is 0 Å². The lowest BCUT2D eigenvalue weighted by molar-refractivity contribution is 1.25. The van der Waals surface area contributed by atoms with Crippen LogP contribution < -0.4 is 19.6 Å². The monoisotopic (exact) mass is 1260 g/mol. The van der Waals surface area contributed by atoms with Gasteiger partial charge in [-0.05, 0) is 218 Å². The highest BCUT2D eigenvalue weighted by Crippen LogP contribution is 2.51. The molecule has 0 saturated heterocycles. The van der Waals surface area contributed by atoms with Crippen molar-refractivity contribution in [1.82, 2.24) is 0 Å². The van der Waals surface area contributed by atoms with Crippen molar-refractivity contribution >= 4 is 111 Å². The second-order valence-corrected chi connectivity index (χ2v) is 25.7. The first-order valence-corrected chi connectivity index (χ1v) is 33.9. The van der Waals surface area contributed by atoms with Crippen molar-refractivity contribution in [3.8, 4) is 22.3 Å². The standard InChI is InChI=1S/C50H44N2.C44H32N2/c1-33-15-23-39(24-16-33)51(40-25-17-34(2)18-26-40)49-37(5)31-47(43-11-7-9-13-45(43)49)48-32-38(6)50(46-14-10-8-12-44(46)48)52(41-27-19-35(3)20-28-41)42-29-21-36(4)22-30-42;1-5-17-33(18-6-1)45(34-19-7-2-8-20-34)43-31-29-39(37-25-13-15-27-41(37)43)40-30-32-44(42-28-16-14-26-38(40)42)46(35-21-9-3-10-22-35)36-23-11-4-12-24-36/h7-32H,1-6H3;1-32H. The quantitative estimate of drug-likeness (QED) is 0.108. The Balaban J connectivity index is 0.000000161. The minimum Gasteiger partial charge on any atom is -0.310 e. The van der Waals surface area contributed by atoms with Gasteiger partial charge in [0.15, 0.2) is 0 Å². The van der Waals surface area contributed by atoms with Gasteiger partial charge >= 0.3 is 0 Å². The zero-order chi connectivity index (χ0) is 66.6. The average Bonchev–Trinajstić information content (AvgIpc) is 0.729. The van der Waals surface area contributed by atoms with Crippen LogP contribution in [0.15, 0.2) is 352 Å². The predicted molar refractivity (Wildman–Crippen MR) is 421 cm³/mol. The first-order chi connectivity index (χ1) is 48.1. The van der Waals surface area contributed by atoms with Crippen LogP contribution in [0.4, 0.5) is 68.2 Å². The molecule has 0 amide bonds. The number of nitrogens with zero attached hydrogens (tertiary/aromatic N) is 4. The minimum absolute atomic E-state index is 1.13. The molecule has 0 fully saturated rings. The number of rotatable bonds is 14. The van der Waals surface area contributed by atoms with E-state index in [1.807, 2.05) is 0 Å². The molecule has 0 heterocycles. The molecule has 0 N–H and O–H groups in total. The summed E-state index contributed by atoms with van der Waals surface area (Å²) in [4.78, 5) is 9.55. The smallest absolute Gasteiger partial charge is 0.0569 e. The van der Waals surface area contributed by atoms with Crippen LogP contribution >= 0.6 is 0 Å². The lowest BCUT2D eigenvalue weighted by Gasteiger charge is -2.31. The molecule has 0 aromatic heterocycles. The number of aryl methyl sites for hydroxylation is 6. The van der Waals surface area contributed by atoms with E-state index in [0.717, 1.165) is 56.9 Å². The molecule has 0 spiro atoms. The minimum atomic E-state index is 1.13. The molecule has 0 unspecified atom stereocenters. The maximum atomic E-state index is 2.42. The third-order valence-electron chi connectivity index (χ3n) is 19.0. The predicted octanol–water partition coefficient (Wildman–Crippen LogP) is 27.0. The van der Waals surface area contributed by atoms with E-state index in [2.05, 4.69) is 413 Å². The Morgan fingerprint density at radius 2 is 0.378 bits per heavy atom. The molecule has 4 nitrogen and oxygen atoms in total. The van der Waals surface area contributed by atoms with E-state index in [1.54, 1.807) is 0 Å². The molecule has 0 aliphatic heterocycles. The van der Waals surface area contributed by atoms with E-state index in [0.29, 0.717) is 0 Å². The molecule has 16 rings (SSSR count). The molecule has 0 bridgehead atoms. The van der Waals surface area contributed by atoms with Gasteiger partial charge < -0.3 is 19.6 Å². The summed E-state index contributed by atoms with van der Waals surface area (Å²) in [5, 5.41) is 9.77. The van der Waals surface area contributed by atoms with Crippen LogP contribution in [0, 0.1) is 41.5 Å². The van der Waals surface area contributed by atoms with Gasteiger partial charge in [-0.25, -0.2) is 0 Å². The zero-order valence-electron chi connectivity index (χ0n) is 56.3. The van der Waals surface area contributed by atoms with Crippen molar-refractivity contribution in [3.05, 3.63) is 385 Å². The fourth-order valence-electron chi connectivity index (χ4n) is 14.2. The van der Waals surface area contributed by atoms with E-state index < -0.39 is 0 Å². The van der Waals surface area contributed by atoms with Gasteiger partial charge in [-0.2, -0.15) is 0 Å². The van der Waals surface area contributed by atoms with E-state index in [4.69, 9.17) is 0 Å². The second kappa shape index (κ2) is 27.2. The van der Waals surface area contributed by atoms with Gasteiger partial charge in [0.25, 0.3) is 0 Å². The Kier molecular flexibility index (Phi) is 17.2. The SMILES string of the molecule is Cc1ccc(N(c2ccc(C)cc2)c2c(C)cc(-c3cc(C)c(N(c4ccc(C)cc4)c4ccc(C)cc4)c4ccccc34)c3ccccc23)cc1.c1ccc(N(c2ccccc2)c2ccc(-c3ccc(N(c4ccccc4)c4ccccc4)c4ccccc34)c3ccccc23)cc1. The maximum Gasteiger partial charge on any atom is 0.0569 e. The number of anilines is 12. The van der Waals surface area contributed by atoms with Gasteiger partial charge in [0, 0.05) is 67.0 Å². The van der Waals surface area contributed by atoms with Crippen LogP contribution in [-0.2, 0) is 0 Å². The number of benzene rings is 16. The highest BCUT2D eigenvalue weighted by Gasteiger charge is 2.26. The Bertz CT molecular complexity index is 4960. The van der Waals surface area contributed by atoms with Crippen LogP contribution in [0.5, 0.6) is 0 Å². The summed E-state index contributed by atoms with van der Waals surface area (Å²) in [5.74, 6) is 0. The summed E-state index contributed by atoms with van der Waals surface area (Å²) in [6.07, 6.45) is 0. The average molecular weight is 1260 g/mol. The normalized spacial score (nSPS) is 11.2. The van der Waals surface area contributed by atoms with Crippen molar-refractivity contribution in [2.45, 2.75) is 41.5 Å². The van der Waals surface area contributed by atoms with Crippen LogP contribution in [0.25, 0.3) is 65.3 Å². The Morgan fingerprint density at radius 1 is 0.163 bits per heavy atom. The number of hydrogen-bond donors (Lipinski definition) is 0. The molecule has 472 valence electrons. The highest BCUT2D eigenvalue weighted by molar-refractivity contribution is 6.16. The number of fused-ring (bicyclic) bond motifs is 4. The molecule has 0 saturated carbocycles. The van der Waals surface area contributed by atoms with Crippen molar-refractivity contribution in [2.24, 2.45) is 0 Å². The van der Waals surface area contributed by atoms with Crippen LogP contribution in [0.3, 0.4) is 0 Å². The van der Waals surface area contributed by atoms with Crippen molar-refractivity contribution in [3.63, 3.8) is 0 Å². The molecule has 0 atom stereocenters. The summed E-state index contributed by atoms with van der Waals surface area (Å²) < 4.78 is 0. The summed E-state index contributed by atoms with van der Waals surface area (Å²) >= 11 is 0. The van der Waals surface area contributed by atoms with E-state index >= 15 is 0 Å². The number of hydrogen-bond acceptors (Lipinski definition) is 4. The van der Waals surface area contributed by atoms with E-state index in [9.17, 15) is 0 Å². The first kappa shape index (κ1) is 61.9. The molecular weight excluding hydrogens is 1190 g/mol. The number of para-hydroxylation sites is 4. The molecule has 0 radical (unpaired) electrons. The maximum absolute atomic E-state index is 2.42. The fraction of sp³-hybridized carbons (Fsp3) is 0.0638. The zero-order valence-corrected chi connectivity index (χ0v) is 56.3. The largest absolute Gasteiger partial charge is 0.310 e. The molecule has 98 heavy (non-hydrogen) atoms. The summed E-state index contributed by atoms with van der Waals surface area (Å²) in [7, 11) is 0. The van der Waals surface area contributed by atoms with Gasteiger partial charge in [-0.1, -0.05) is 253 Å². The molecule has 16 aromatic rings. The third-order valence-corrected chi connectivity index (χ3v) is 19.0. The van der Waals surface area contributed by atoms with Gasteiger partial charge in [-0.15, -0.1) is 0 Å². The Hall–Kier alpha value is -12.2. The van der Waals surface area contributed by atoms with Crippen LogP contribution in [0.1, 0.15) is 33.4 Å². The second-order valence-electron chi connectivity index (χ2n) is 25.7.